The number of methoxy groups -OCH3 is 1. The Morgan fingerprint density at radius 1 is 1.43 bits per heavy atom. The number of aliphatic imine (C=N–C) groups is 1. The second-order valence-corrected chi connectivity index (χ2v) is 5.99. The van der Waals surface area contributed by atoms with Crippen LogP contribution >= 0.6 is 11.3 Å². The minimum absolute atomic E-state index is 0.247. The van der Waals surface area contributed by atoms with E-state index in [0.717, 1.165) is 32.7 Å². The number of thiazole rings is 1. The molecule has 0 amide bonds. The van der Waals surface area contributed by atoms with Crippen LogP contribution in [0.15, 0.2) is 34.1 Å². The number of hydrogen-bond donors (Lipinski definition) is 1. The van der Waals surface area contributed by atoms with Crippen LogP contribution in [-0.4, -0.2) is 29.0 Å². The summed E-state index contributed by atoms with van der Waals surface area (Å²) in [6, 6.07) is 6.71. The maximum atomic E-state index is 12.1. The number of fused-ring (bicyclic) bond motifs is 1. The Hall–Kier alpha value is -2.67. The molecule has 6 nitrogen and oxygen atoms in total. The first-order chi connectivity index (χ1) is 11.0. The molecule has 0 fully saturated rings. The molecule has 1 aromatic carbocycles. The number of carbonyl (C=O) groups is 1. The Labute approximate surface area is 136 Å². The van der Waals surface area contributed by atoms with Gasteiger partial charge in [0.15, 0.2) is 0 Å². The highest BCUT2D eigenvalue weighted by molar-refractivity contribution is 7.10. The van der Waals surface area contributed by atoms with Crippen molar-refractivity contribution in [1.82, 2.24) is 4.57 Å². The highest BCUT2D eigenvalue weighted by Gasteiger charge is 2.24. The predicted octanol–water partition coefficient (Wildman–Crippen LogP) is 2.61. The van der Waals surface area contributed by atoms with Crippen LogP contribution in [0.25, 0.3) is 11.6 Å². The molecular formula is C16H14N2O4S. The van der Waals surface area contributed by atoms with E-state index in [0.29, 0.717) is 4.88 Å². The highest BCUT2D eigenvalue weighted by atomic mass is 32.1. The van der Waals surface area contributed by atoms with Gasteiger partial charge in [-0.25, -0.2) is 4.79 Å². The molecule has 1 atom stereocenters. The van der Waals surface area contributed by atoms with Crippen molar-refractivity contribution in [1.29, 1.82) is 0 Å². The molecule has 3 rings (SSSR count). The van der Waals surface area contributed by atoms with Crippen LogP contribution < -0.4 is 4.87 Å². The third-order valence-electron chi connectivity index (χ3n) is 3.62. The van der Waals surface area contributed by atoms with E-state index in [4.69, 9.17) is 0 Å². The van der Waals surface area contributed by atoms with Crippen molar-refractivity contribution >= 4 is 40.9 Å². The smallest absolute Gasteiger partial charge is 0.328 e. The third kappa shape index (κ3) is 2.59. The molecular weight excluding hydrogens is 316 g/mol. The average Bonchev–Trinajstić information content (AvgIpc) is 3.08. The fourth-order valence-corrected chi connectivity index (χ4v) is 3.31. The van der Waals surface area contributed by atoms with E-state index in [1.165, 1.54) is 14.0 Å². The van der Waals surface area contributed by atoms with Crippen LogP contribution in [-0.2, 0) is 9.53 Å². The number of para-hydroxylation sites is 1. The molecule has 118 valence electrons. The molecule has 1 aliphatic rings. The Morgan fingerprint density at radius 3 is 2.91 bits per heavy atom. The summed E-state index contributed by atoms with van der Waals surface area (Å²) >= 11 is 0.870. The highest BCUT2D eigenvalue weighted by Crippen LogP contribution is 2.34. The van der Waals surface area contributed by atoms with Crippen molar-refractivity contribution < 1.29 is 14.6 Å². The second-order valence-electron chi connectivity index (χ2n) is 5.00. The lowest BCUT2D eigenvalue weighted by atomic mass is 10.1. The standard InChI is InChI=1S/C16H14N2O4S/c1-9(15(20)22-2)18-14(19)13(23-16(18)21)7-10-8-17-12-6-4-3-5-11(10)12/h3-9,19H,1-2H3/b10-7+. The van der Waals surface area contributed by atoms with Crippen LogP contribution in [0.1, 0.15) is 23.4 Å². The van der Waals surface area contributed by atoms with E-state index >= 15 is 0 Å². The SMILES string of the molecule is COC(=O)C(C)n1c(O)c(/C=C2\C=Nc3ccccc32)sc1=O. The average molecular weight is 330 g/mol. The van der Waals surface area contributed by atoms with Gasteiger partial charge in [-0.15, -0.1) is 0 Å². The summed E-state index contributed by atoms with van der Waals surface area (Å²) in [7, 11) is 1.24. The zero-order valence-corrected chi connectivity index (χ0v) is 13.3. The van der Waals surface area contributed by atoms with Gasteiger partial charge < -0.3 is 9.84 Å². The second kappa shape index (κ2) is 5.85. The number of aromatic nitrogens is 1. The van der Waals surface area contributed by atoms with Crippen molar-refractivity contribution in [2.75, 3.05) is 7.11 Å². The molecule has 1 unspecified atom stereocenters. The first-order valence-corrected chi connectivity index (χ1v) is 7.72. The van der Waals surface area contributed by atoms with Gasteiger partial charge in [0, 0.05) is 17.4 Å². The Balaban J connectivity index is 2.04. The minimum Gasteiger partial charge on any atom is -0.493 e. The molecule has 2 heterocycles. The molecule has 0 aliphatic carbocycles. The number of carbonyl (C=O) groups excluding carboxylic acids is 1. The van der Waals surface area contributed by atoms with Crippen LogP contribution in [0.3, 0.4) is 0 Å². The number of aromatic hydroxyl groups is 1. The van der Waals surface area contributed by atoms with Gasteiger partial charge in [-0.05, 0) is 19.1 Å². The number of benzene rings is 1. The van der Waals surface area contributed by atoms with Crippen molar-refractivity contribution in [3.8, 4) is 5.88 Å². The van der Waals surface area contributed by atoms with E-state index in [1.807, 2.05) is 24.3 Å². The quantitative estimate of drug-likeness (QED) is 0.877. The van der Waals surface area contributed by atoms with E-state index in [-0.39, 0.29) is 5.88 Å². The Morgan fingerprint density at radius 2 is 2.17 bits per heavy atom. The van der Waals surface area contributed by atoms with Gasteiger partial charge in [-0.2, -0.15) is 0 Å². The summed E-state index contributed by atoms with van der Waals surface area (Å²) in [6.45, 7) is 1.50. The lowest BCUT2D eigenvalue weighted by Crippen LogP contribution is -2.24. The maximum absolute atomic E-state index is 12.1. The number of esters is 1. The topological polar surface area (TPSA) is 80.9 Å². The normalized spacial score (nSPS) is 15.7. The molecule has 1 N–H and O–H groups in total. The summed E-state index contributed by atoms with van der Waals surface area (Å²) in [4.78, 5) is 27.9. The molecule has 0 radical (unpaired) electrons. The number of hydrogen-bond acceptors (Lipinski definition) is 6. The zero-order chi connectivity index (χ0) is 16.6. The third-order valence-corrected chi connectivity index (χ3v) is 4.51. The summed E-state index contributed by atoms with van der Waals surface area (Å²) in [6.07, 6.45) is 3.37. The summed E-state index contributed by atoms with van der Waals surface area (Å²) in [5.74, 6) is -0.838. The Bertz CT molecular complexity index is 892. The summed E-state index contributed by atoms with van der Waals surface area (Å²) < 4.78 is 5.65. The van der Waals surface area contributed by atoms with E-state index in [2.05, 4.69) is 9.73 Å². The van der Waals surface area contributed by atoms with Gasteiger partial charge in [-0.1, -0.05) is 29.5 Å². The first-order valence-electron chi connectivity index (χ1n) is 6.90. The molecule has 0 saturated heterocycles. The molecule has 23 heavy (non-hydrogen) atoms. The molecule has 0 saturated carbocycles. The van der Waals surface area contributed by atoms with E-state index in [9.17, 15) is 14.7 Å². The molecule has 0 bridgehead atoms. The van der Waals surface area contributed by atoms with Gasteiger partial charge in [0.25, 0.3) is 0 Å². The number of ether oxygens (including phenoxy) is 1. The van der Waals surface area contributed by atoms with Crippen LogP contribution in [0.2, 0.25) is 0 Å². The molecule has 0 spiro atoms. The van der Waals surface area contributed by atoms with Crippen molar-refractivity contribution in [2.24, 2.45) is 4.99 Å². The number of nitrogens with zero attached hydrogens (tertiary/aromatic N) is 2. The largest absolute Gasteiger partial charge is 0.493 e. The minimum atomic E-state index is -0.888. The first kappa shape index (κ1) is 15.2. The fourth-order valence-electron chi connectivity index (χ4n) is 2.40. The molecule has 7 heteroatoms. The maximum Gasteiger partial charge on any atom is 0.328 e. The summed E-state index contributed by atoms with van der Waals surface area (Å²) in [5, 5.41) is 10.3. The number of rotatable bonds is 3. The van der Waals surface area contributed by atoms with Crippen molar-refractivity contribution in [3.63, 3.8) is 0 Å². The van der Waals surface area contributed by atoms with Gasteiger partial charge in [0.2, 0.25) is 5.88 Å². The van der Waals surface area contributed by atoms with Crippen LogP contribution in [0.4, 0.5) is 5.69 Å². The molecule has 1 aromatic heterocycles. The van der Waals surface area contributed by atoms with Crippen LogP contribution in [0.5, 0.6) is 5.88 Å². The van der Waals surface area contributed by atoms with Crippen molar-refractivity contribution in [3.05, 3.63) is 44.4 Å². The lowest BCUT2D eigenvalue weighted by Gasteiger charge is -2.10. The molecule has 1 aliphatic heterocycles. The zero-order valence-electron chi connectivity index (χ0n) is 12.5. The number of allylic oxidation sites excluding steroid dienone is 1. The summed E-state index contributed by atoms with van der Waals surface area (Å²) in [5.41, 5.74) is 2.57. The van der Waals surface area contributed by atoms with E-state index < -0.39 is 16.9 Å². The Kier molecular flexibility index (Phi) is 3.87. The van der Waals surface area contributed by atoms with Crippen molar-refractivity contribution in [2.45, 2.75) is 13.0 Å². The van der Waals surface area contributed by atoms with Gasteiger partial charge >= 0.3 is 10.8 Å². The predicted molar refractivity (Wildman–Crippen MR) is 89.4 cm³/mol. The van der Waals surface area contributed by atoms with Gasteiger partial charge in [-0.3, -0.25) is 14.4 Å². The lowest BCUT2D eigenvalue weighted by molar-refractivity contribution is -0.144. The van der Waals surface area contributed by atoms with Crippen LogP contribution in [0, 0.1) is 0 Å². The van der Waals surface area contributed by atoms with E-state index in [1.54, 1.807) is 12.3 Å². The monoisotopic (exact) mass is 330 g/mol. The van der Waals surface area contributed by atoms with Gasteiger partial charge in [0.1, 0.15) is 6.04 Å². The fraction of sp³-hybridized carbons (Fsp3) is 0.188. The molecule has 2 aromatic rings. The van der Waals surface area contributed by atoms with Gasteiger partial charge in [0.05, 0.1) is 17.7 Å².